The van der Waals surface area contributed by atoms with Crippen LogP contribution in [0, 0.1) is 5.92 Å². The zero-order valence-corrected chi connectivity index (χ0v) is 14.0. The van der Waals surface area contributed by atoms with E-state index in [9.17, 15) is 8.42 Å². The molecule has 1 aromatic rings. The zero-order valence-electron chi connectivity index (χ0n) is 12.4. The lowest BCUT2D eigenvalue weighted by molar-refractivity contribution is 0.437. The molecule has 4 nitrogen and oxygen atoms in total. The second kappa shape index (κ2) is 7.41. The van der Waals surface area contributed by atoms with E-state index in [1.807, 2.05) is 20.8 Å². The van der Waals surface area contributed by atoms with E-state index in [-0.39, 0.29) is 16.9 Å². The Bertz CT molecular complexity index is 544. The molecule has 0 bridgehead atoms. The van der Waals surface area contributed by atoms with Gasteiger partial charge in [0.05, 0.1) is 4.90 Å². The molecule has 114 valence electrons. The topological polar surface area (TPSA) is 58.2 Å². The quantitative estimate of drug-likeness (QED) is 0.812. The minimum absolute atomic E-state index is 0.0663. The fraction of sp³-hybridized carbons (Fsp3) is 0.571. The molecule has 0 amide bonds. The average Bonchev–Trinajstić information content (AvgIpc) is 2.38. The van der Waals surface area contributed by atoms with Crippen LogP contribution in [0.4, 0.5) is 0 Å². The third kappa shape index (κ3) is 4.45. The average molecular weight is 319 g/mol. The van der Waals surface area contributed by atoms with Gasteiger partial charge in [-0.15, -0.1) is 0 Å². The number of halogens is 1. The van der Waals surface area contributed by atoms with Crippen molar-refractivity contribution in [2.75, 3.05) is 7.05 Å². The summed E-state index contributed by atoms with van der Waals surface area (Å²) in [5.41, 5.74) is 0.773. The van der Waals surface area contributed by atoms with Gasteiger partial charge in [0.25, 0.3) is 0 Å². The summed E-state index contributed by atoms with van der Waals surface area (Å²) in [4.78, 5) is 0.256. The molecule has 0 saturated carbocycles. The molecule has 0 spiro atoms. The van der Waals surface area contributed by atoms with Crippen molar-refractivity contribution in [2.24, 2.45) is 5.92 Å². The summed E-state index contributed by atoms with van der Waals surface area (Å²) in [6.07, 6.45) is 0.758. The van der Waals surface area contributed by atoms with Crippen LogP contribution in [0.15, 0.2) is 23.1 Å². The minimum Gasteiger partial charge on any atom is -0.316 e. The second-order valence-corrected chi connectivity index (χ2v) is 7.28. The van der Waals surface area contributed by atoms with Crippen LogP contribution in [0.3, 0.4) is 0 Å². The van der Waals surface area contributed by atoms with E-state index < -0.39 is 10.0 Å². The van der Waals surface area contributed by atoms with Crippen molar-refractivity contribution < 1.29 is 8.42 Å². The Hall–Kier alpha value is -0.620. The highest BCUT2D eigenvalue weighted by molar-refractivity contribution is 7.89. The van der Waals surface area contributed by atoms with Crippen LogP contribution in [-0.4, -0.2) is 21.5 Å². The van der Waals surface area contributed by atoms with E-state index in [0.717, 1.165) is 12.0 Å². The number of hydrogen-bond donors (Lipinski definition) is 2. The van der Waals surface area contributed by atoms with Gasteiger partial charge in [-0.1, -0.05) is 32.4 Å². The smallest absolute Gasteiger partial charge is 0.240 e. The van der Waals surface area contributed by atoms with Gasteiger partial charge in [-0.25, -0.2) is 13.1 Å². The Labute approximate surface area is 127 Å². The van der Waals surface area contributed by atoms with Crippen molar-refractivity contribution in [3.8, 4) is 0 Å². The van der Waals surface area contributed by atoms with Crippen LogP contribution in [0.5, 0.6) is 0 Å². The van der Waals surface area contributed by atoms with E-state index in [1.165, 1.54) is 6.07 Å². The van der Waals surface area contributed by atoms with Gasteiger partial charge in [0.1, 0.15) is 0 Å². The Morgan fingerprint density at radius 3 is 2.45 bits per heavy atom. The normalized spacial score (nSPS) is 13.7. The lowest BCUT2D eigenvalue weighted by Crippen LogP contribution is -2.38. The Balaban J connectivity index is 3.06. The third-order valence-corrected chi connectivity index (χ3v) is 5.10. The van der Waals surface area contributed by atoms with Crippen LogP contribution in [0.1, 0.15) is 32.8 Å². The molecule has 1 rings (SSSR count). The van der Waals surface area contributed by atoms with E-state index >= 15 is 0 Å². The predicted molar refractivity (Wildman–Crippen MR) is 83.5 cm³/mol. The Kier molecular flexibility index (Phi) is 6.45. The molecule has 0 heterocycles. The monoisotopic (exact) mass is 318 g/mol. The van der Waals surface area contributed by atoms with Crippen molar-refractivity contribution >= 4 is 21.6 Å². The number of hydrogen-bond acceptors (Lipinski definition) is 3. The highest BCUT2D eigenvalue weighted by Crippen LogP contribution is 2.21. The number of nitrogens with one attached hydrogen (secondary N) is 2. The summed E-state index contributed by atoms with van der Waals surface area (Å²) in [5.74, 6) is 0.249. The molecular weight excluding hydrogens is 296 g/mol. The number of rotatable bonds is 7. The fourth-order valence-corrected chi connectivity index (χ4v) is 3.70. The van der Waals surface area contributed by atoms with Crippen LogP contribution >= 0.6 is 11.6 Å². The molecule has 0 aliphatic heterocycles. The Morgan fingerprint density at radius 2 is 1.95 bits per heavy atom. The molecule has 0 fully saturated rings. The molecule has 0 radical (unpaired) electrons. The largest absolute Gasteiger partial charge is 0.316 e. The molecule has 0 aliphatic carbocycles. The number of sulfonamides is 1. The molecule has 1 unspecified atom stereocenters. The molecule has 2 N–H and O–H groups in total. The maximum absolute atomic E-state index is 12.4. The summed E-state index contributed by atoms with van der Waals surface area (Å²) >= 11 is 6.05. The van der Waals surface area contributed by atoms with Gasteiger partial charge >= 0.3 is 0 Å². The summed E-state index contributed by atoms with van der Waals surface area (Å²) in [5, 5.41) is 3.54. The van der Waals surface area contributed by atoms with E-state index in [4.69, 9.17) is 11.6 Å². The van der Waals surface area contributed by atoms with Crippen LogP contribution in [-0.2, 0) is 16.6 Å². The minimum atomic E-state index is -3.51. The summed E-state index contributed by atoms with van der Waals surface area (Å²) in [6, 6.07) is 4.72. The molecule has 1 aromatic carbocycles. The molecule has 0 aromatic heterocycles. The van der Waals surface area contributed by atoms with Gasteiger partial charge < -0.3 is 5.32 Å². The fourth-order valence-electron chi connectivity index (χ4n) is 2.00. The van der Waals surface area contributed by atoms with Crippen LogP contribution in [0.2, 0.25) is 5.02 Å². The van der Waals surface area contributed by atoms with Crippen molar-refractivity contribution in [1.82, 2.24) is 10.0 Å². The zero-order chi connectivity index (χ0) is 15.3. The maximum atomic E-state index is 12.4. The third-order valence-electron chi connectivity index (χ3n) is 3.25. The van der Waals surface area contributed by atoms with Gasteiger partial charge in [-0.05, 0) is 43.1 Å². The Morgan fingerprint density at radius 1 is 1.30 bits per heavy atom. The molecule has 0 aliphatic rings. The van der Waals surface area contributed by atoms with Gasteiger partial charge in [0, 0.05) is 17.6 Å². The number of benzene rings is 1. The van der Waals surface area contributed by atoms with Gasteiger partial charge in [0.2, 0.25) is 10.0 Å². The second-order valence-electron chi connectivity index (χ2n) is 5.16. The first kappa shape index (κ1) is 17.4. The van der Waals surface area contributed by atoms with Gasteiger partial charge in [0.15, 0.2) is 0 Å². The van der Waals surface area contributed by atoms with Crippen LogP contribution < -0.4 is 10.0 Å². The van der Waals surface area contributed by atoms with Gasteiger partial charge in [-0.3, -0.25) is 0 Å². The first-order valence-corrected chi connectivity index (χ1v) is 8.63. The van der Waals surface area contributed by atoms with Crippen LogP contribution in [0.25, 0.3) is 0 Å². The van der Waals surface area contributed by atoms with E-state index in [1.54, 1.807) is 19.2 Å². The summed E-state index contributed by atoms with van der Waals surface area (Å²) < 4.78 is 27.6. The van der Waals surface area contributed by atoms with E-state index in [0.29, 0.717) is 11.6 Å². The molecular formula is C14H23ClN2O2S. The first-order valence-electron chi connectivity index (χ1n) is 6.77. The SMILES string of the molecule is CCC(NS(=O)(=O)c1ccc(Cl)c(CNC)c1)C(C)C. The first-order chi connectivity index (χ1) is 9.31. The van der Waals surface area contributed by atoms with Crippen molar-refractivity contribution in [1.29, 1.82) is 0 Å². The summed E-state index contributed by atoms with van der Waals surface area (Å²) in [6.45, 7) is 6.51. The molecule has 6 heteroatoms. The predicted octanol–water partition coefficient (Wildman–Crippen LogP) is 2.77. The van der Waals surface area contributed by atoms with Crippen molar-refractivity contribution in [2.45, 2.75) is 44.7 Å². The van der Waals surface area contributed by atoms with Gasteiger partial charge in [-0.2, -0.15) is 0 Å². The molecule has 20 heavy (non-hydrogen) atoms. The van der Waals surface area contributed by atoms with E-state index in [2.05, 4.69) is 10.0 Å². The standard InChI is InChI=1S/C14H23ClN2O2S/c1-5-14(10(2)3)17-20(18,19)12-6-7-13(15)11(8-12)9-16-4/h6-8,10,14,16-17H,5,9H2,1-4H3. The highest BCUT2D eigenvalue weighted by atomic mass is 35.5. The lowest BCUT2D eigenvalue weighted by atomic mass is 10.0. The molecule has 0 saturated heterocycles. The van der Waals surface area contributed by atoms with Crippen molar-refractivity contribution in [3.63, 3.8) is 0 Å². The van der Waals surface area contributed by atoms with Crippen molar-refractivity contribution in [3.05, 3.63) is 28.8 Å². The highest BCUT2D eigenvalue weighted by Gasteiger charge is 2.21. The lowest BCUT2D eigenvalue weighted by Gasteiger charge is -2.21. The maximum Gasteiger partial charge on any atom is 0.240 e. The molecule has 1 atom stereocenters. The summed E-state index contributed by atoms with van der Waals surface area (Å²) in [7, 11) is -1.72.